The van der Waals surface area contributed by atoms with Gasteiger partial charge in [-0.3, -0.25) is 0 Å². The van der Waals surface area contributed by atoms with Gasteiger partial charge in [0.2, 0.25) is 21.8 Å². The lowest BCUT2D eigenvalue weighted by Crippen LogP contribution is -2.38. The minimum atomic E-state index is -3.57. The molecule has 142 valence electrons. The number of nitrogens with zero attached hydrogens (tertiary/aromatic N) is 3. The second-order valence-corrected chi connectivity index (χ2v) is 9.59. The van der Waals surface area contributed by atoms with Crippen LogP contribution in [0.4, 0.5) is 0 Å². The molecule has 0 N–H and O–H groups in total. The van der Waals surface area contributed by atoms with Crippen LogP contribution in [0.3, 0.4) is 0 Å². The highest BCUT2D eigenvalue weighted by Gasteiger charge is 2.33. The van der Waals surface area contributed by atoms with Gasteiger partial charge in [-0.2, -0.15) is 15.6 Å². The highest BCUT2D eigenvalue weighted by molar-refractivity contribution is 7.89. The number of halogens is 1. The second kappa shape index (κ2) is 7.35. The summed E-state index contributed by atoms with van der Waals surface area (Å²) < 4.78 is 33.3. The monoisotopic (exact) mass is 423 g/mol. The van der Waals surface area contributed by atoms with Gasteiger partial charge in [-0.1, -0.05) is 17.7 Å². The van der Waals surface area contributed by atoms with Crippen LogP contribution in [-0.4, -0.2) is 36.0 Å². The molecule has 4 rings (SSSR count). The van der Waals surface area contributed by atoms with Crippen molar-refractivity contribution in [2.45, 2.75) is 30.6 Å². The Morgan fingerprint density at radius 3 is 2.70 bits per heavy atom. The summed E-state index contributed by atoms with van der Waals surface area (Å²) in [6.07, 6.45) is 1.29. The van der Waals surface area contributed by atoms with Gasteiger partial charge in [-0.15, -0.1) is 10.2 Å². The van der Waals surface area contributed by atoms with Crippen molar-refractivity contribution in [1.82, 2.24) is 14.5 Å². The molecule has 6 nitrogen and oxygen atoms in total. The highest BCUT2D eigenvalue weighted by Crippen LogP contribution is 2.33. The summed E-state index contributed by atoms with van der Waals surface area (Å²) in [5, 5.41) is 12.7. The Kier molecular flexibility index (Phi) is 5.07. The van der Waals surface area contributed by atoms with Gasteiger partial charge in [-0.25, -0.2) is 8.42 Å². The average Bonchev–Trinajstić information content (AvgIpc) is 3.35. The van der Waals surface area contributed by atoms with Gasteiger partial charge in [0.1, 0.15) is 0 Å². The molecule has 0 unspecified atom stereocenters. The van der Waals surface area contributed by atoms with Crippen LogP contribution in [0.5, 0.6) is 0 Å². The summed E-state index contributed by atoms with van der Waals surface area (Å²) >= 11 is 7.67. The highest BCUT2D eigenvalue weighted by atomic mass is 35.5. The molecule has 0 bridgehead atoms. The maximum absolute atomic E-state index is 13.0. The smallest absolute Gasteiger partial charge is 0.248 e. The van der Waals surface area contributed by atoms with E-state index in [9.17, 15) is 8.42 Å². The molecule has 0 amide bonds. The summed E-state index contributed by atoms with van der Waals surface area (Å²) in [5.41, 5.74) is 1.49. The van der Waals surface area contributed by atoms with E-state index in [-0.39, 0.29) is 10.8 Å². The Morgan fingerprint density at radius 2 is 2.00 bits per heavy atom. The third kappa shape index (κ3) is 3.54. The summed E-state index contributed by atoms with van der Waals surface area (Å²) in [7, 11) is -3.57. The van der Waals surface area contributed by atoms with Gasteiger partial charge in [0, 0.05) is 35.0 Å². The fourth-order valence-electron chi connectivity index (χ4n) is 3.25. The number of thiophene rings is 1. The van der Waals surface area contributed by atoms with Crippen LogP contribution in [0.1, 0.15) is 30.2 Å². The lowest BCUT2D eigenvalue weighted by Gasteiger charge is -2.30. The van der Waals surface area contributed by atoms with E-state index in [1.54, 1.807) is 36.5 Å². The van der Waals surface area contributed by atoms with E-state index in [1.165, 1.54) is 4.31 Å². The maximum atomic E-state index is 13.0. The normalized spacial score (nSPS) is 16.7. The molecule has 1 aliphatic rings. The molecule has 3 heterocycles. The first-order valence-corrected chi connectivity index (χ1v) is 11.3. The lowest BCUT2D eigenvalue weighted by atomic mass is 9.98. The predicted octanol–water partition coefficient (Wildman–Crippen LogP) is 4.33. The van der Waals surface area contributed by atoms with Crippen LogP contribution in [0.25, 0.3) is 11.5 Å². The number of aromatic nitrogens is 2. The fourth-order valence-corrected chi connectivity index (χ4v) is 5.83. The van der Waals surface area contributed by atoms with Crippen LogP contribution in [0.2, 0.25) is 5.02 Å². The molecule has 0 saturated carbocycles. The van der Waals surface area contributed by atoms with Crippen molar-refractivity contribution in [2.75, 3.05) is 13.1 Å². The largest absolute Gasteiger partial charge is 0.420 e. The Labute approximate surface area is 166 Å². The molecule has 0 aliphatic carbocycles. The first-order valence-electron chi connectivity index (χ1n) is 8.58. The molecule has 1 aliphatic heterocycles. The Balaban J connectivity index is 1.48. The molecule has 1 fully saturated rings. The van der Waals surface area contributed by atoms with Gasteiger partial charge >= 0.3 is 0 Å². The minimum absolute atomic E-state index is 0.0665. The zero-order valence-electron chi connectivity index (χ0n) is 14.6. The zero-order chi connectivity index (χ0) is 19.0. The first-order chi connectivity index (χ1) is 13.0. The molecule has 2 aromatic heterocycles. The standard InChI is InChI=1S/C18H18ClN3O3S2/c1-12-15(19)3-2-4-16(12)27(23,24)22-8-5-13(6-9-22)17-20-21-18(25-17)14-7-10-26-11-14/h2-4,7,10-11,13H,5-6,8-9H2,1H3. The van der Waals surface area contributed by atoms with E-state index in [4.69, 9.17) is 16.0 Å². The van der Waals surface area contributed by atoms with Crippen LogP contribution < -0.4 is 0 Å². The van der Waals surface area contributed by atoms with Crippen molar-refractivity contribution in [3.05, 3.63) is 51.5 Å². The van der Waals surface area contributed by atoms with Crippen LogP contribution >= 0.6 is 22.9 Å². The third-order valence-corrected chi connectivity index (χ3v) is 7.98. The van der Waals surface area contributed by atoms with Crippen molar-refractivity contribution in [1.29, 1.82) is 0 Å². The molecule has 3 aromatic rings. The minimum Gasteiger partial charge on any atom is -0.420 e. The molecule has 0 atom stereocenters. The van der Waals surface area contributed by atoms with E-state index < -0.39 is 10.0 Å². The zero-order valence-corrected chi connectivity index (χ0v) is 17.0. The first kappa shape index (κ1) is 18.6. The molecule has 0 radical (unpaired) electrons. The number of hydrogen-bond acceptors (Lipinski definition) is 6. The molecular weight excluding hydrogens is 406 g/mol. The van der Waals surface area contributed by atoms with Crippen LogP contribution in [0.15, 0.2) is 44.3 Å². The SMILES string of the molecule is Cc1c(Cl)cccc1S(=O)(=O)N1CCC(c2nnc(-c3ccsc3)o2)CC1. The third-order valence-electron chi connectivity index (χ3n) is 4.85. The fraction of sp³-hybridized carbons (Fsp3) is 0.333. The molecular formula is C18H18ClN3O3S2. The Hall–Kier alpha value is -1.74. The van der Waals surface area contributed by atoms with Gasteiger partial charge in [-0.05, 0) is 48.9 Å². The van der Waals surface area contributed by atoms with E-state index in [2.05, 4.69) is 10.2 Å². The van der Waals surface area contributed by atoms with Gasteiger partial charge in [0.15, 0.2) is 0 Å². The topological polar surface area (TPSA) is 76.3 Å². The Bertz CT molecular complexity index is 1040. The Morgan fingerprint density at radius 1 is 1.22 bits per heavy atom. The number of benzene rings is 1. The lowest BCUT2D eigenvalue weighted by molar-refractivity contribution is 0.291. The van der Waals surface area contributed by atoms with E-state index in [0.29, 0.717) is 48.3 Å². The molecule has 27 heavy (non-hydrogen) atoms. The van der Waals surface area contributed by atoms with Gasteiger partial charge in [0.25, 0.3) is 0 Å². The van der Waals surface area contributed by atoms with Crippen LogP contribution in [-0.2, 0) is 10.0 Å². The van der Waals surface area contributed by atoms with E-state index >= 15 is 0 Å². The average molecular weight is 424 g/mol. The maximum Gasteiger partial charge on any atom is 0.248 e. The molecule has 1 saturated heterocycles. The summed E-state index contributed by atoms with van der Waals surface area (Å²) in [6.45, 7) is 2.55. The van der Waals surface area contributed by atoms with Gasteiger partial charge in [0.05, 0.1) is 4.90 Å². The van der Waals surface area contributed by atoms with Crippen molar-refractivity contribution < 1.29 is 12.8 Å². The molecule has 1 aromatic carbocycles. The number of rotatable bonds is 4. The van der Waals surface area contributed by atoms with Crippen LogP contribution in [0, 0.1) is 6.92 Å². The van der Waals surface area contributed by atoms with Crippen molar-refractivity contribution in [3.63, 3.8) is 0 Å². The second-order valence-electron chi connectivity index (χ2n) is 6.50. The summed E-state index contributed by atoms with van der Waals surface area (Å²) in [6, 6.07) is 6.90. The number of piperidine rings is 1. The molecule has 9 heteroatoms. The van der Waals surface area contributed by atoms with Crippen molar-refractivity contribution >= 4 is 33.0 Å². The van der Waals surface area contributed by atoms with Crippen molar-refractivity contribution in [2.24, 2.45) is 0 Å². The van der Waals surface area contributed by atoms with E-state index in [0.717, 1.165) is 5.56 Å². The number of sulfonamides is 1. The quantitative estimate of drug-likeness (QED) is 0.624. The predicted molar refractivity (Wildman–Crippen MR) is 105 cm³/mol. The van der Waals surface area contributed by atoms with Crippen molar-refractivity contribution in [3.8, 4) is 11.5 Å². The molecule has 0 spiro atoms. The van der Waals surface area contributed by atoms with Gasteiger partial charge < -0.3 is 4.42 Å². The number of hydrogen-bond donors (Lipinski definition) is 0. The summed E-state index contributed by atoms with van der Waals surface area (Å²) in [5.74, 6) is 1.15. The summed E-state index contributed by atoms with van der Waals surface area (Å²) in [4.78, 5) is 0.269. The van der Waals surface area contributed by atoms with E-state index in [1.807, 2.05) is 16.8 Å².